The largest absolute Gasteiger partial charge is 0.508 e. The first kappa shape index (κ1) is 10.5. The third-order valence-corrected chi connectivity index (χ3v) is 2.19. The van der Waals surface area contributed by atoms with Crippen molar-refractivity contribution in [2.45, 2.75) is 13.5 Å². The third kappa shape index (κ3) is 2.73. The molecule has 1 aromatic carbocycles. The highest BCUT2D eigenvalue weighted by Crippen LogP contribution is 2.21. The summed E-state index contributed by atoms with van der Waals surface area (Å²) in [5.41, 5.74) is 2.03. The minimum atomic E-state index is 0.227. The lowest BCUT2D eigenvalue weighted by molar-refractivity contribution is 0.304. The van der Waals surface area contributed by atoms with Gasteiger partial charge in [0, 0.05) is 18.5 Å². The molecule has 16 heavy (non-hydrogen) atoms. The van der Waals surface area contributed by atoms with Crippen LogP contribution in [0.1, 0.15) is 11.1 Å². The summed E-state index contributed by atoms with van der Waals surface area (Å²) < 4.78 is 5.57. The quantitative estimate of drug-likeness (QED) is 0.855. The van der Waals surface area contributed by atoms with Crippen molar-refractivity contribution in [1.82, 2.24) is 4.98 Å². The molecule has 3 nitrogen and oxygen atoms in total. The lowest BCUT2D eigenvalue weighted by atomic mass is 10.2. The minimum absolute atomic E-state index is 0.227. The minimum Gasteiger partial charge on any atom is -0.508 e. The Kier molecular flexibility index (Phi) is 3.05. The highest BCUT2D eigenvalue weighted by molar-refractivity contribution is 5.36. The van der Waals surface area contributed by atoms with E-state index >= 15 is 0 Å². The fraction of sp³-hybridized carbons (Fsp3) is 0.154. The molecule has 0 saturated heterocycles. The number of pyridine rings is 1. The van der Waals surface area contributed by atoms with E-state index in [1.165, 1.54) is 0 Å². The molecule has 1 N–H and O–H groups in total. The molecule has 0 spiro atoms. The van der Waals surface area contributed by atoms with Crippen LogP contribution in [0.2, 0.25) is 0 Å². The van der Waals surface area contributed by atoms with E-state index < -0.39 is 0 Å². The zero-order chi connectivity index (χ0) is 11.4. The molecule has 82 valence electrons. The van der Waals surface area contributed by atoms with E-state index in [9.17, 15) is 5.11 Å². The van der Waals surface area contributed by atoms with Gasteiger partial charge in [0.15, 0.2) is 0 Å². The molecule has 0 saturated carbocycles. The Labute approximate surface area is 94.3 Å². The SMILES string of the molecule is Cc1cc(O)cc(OCc2ccncc2)c1. The Bertz CT molecular complexity index is 448. The Morgan fingerprint density at radius 2 is 1.94 bits per heavy atom. The standard InChI is InChI=1S/C13H13NO2/c1-10-6-12(15)8-13(7-10)16-9-11-2-4-14-5-3-11/h2-8,15H,9H2,1H3. The van der Waals surface area contributed by atoms with Gasteiger partial charge in [-0.1, -0.05) is 0 Å². The maximum atomic E-state index is 9.40. The fourth-order valence-corrected chi connectivity index (χ4v) is 1.46. The van der Waals surface area contributed by atoms with E-state index in [0.29, 0.717) is 12.4 Å². The number of phenols is 1. The van der Waals surface area contributed by atoms with Gasteiger partial charge in [0.1, 0.15) is 18.1 Å². The zero-order valence-corrected chi connectivity index (χ0v) is 9.05. The van der Waals surface area contributed by atoms with Crippen molar-refractivity contribution in [1.29, 1.82) is 0 Å². The van der Waals surface area contributed by atoms with Gasteiger partial charge in [0.25, 0.3) is 0 Å². The number of rotatable bonds is 3. The van der Waals surface area contributed by atoms with E-state index in [1.807, 2.05) is 25.1 Å². The van der Waals surface area contributed by atoms with Crippen molar-refractivity contribution >= 4 is 0 Å². The van der Waals surface area contributed by atoms with Gasteiger partial charge in [-0.25, -0.2) is 0 Å². The molecule has 2 aromatic rings. The van der Waals surface area contributed by atoms with Gasteiger partial charge in [-0.15, -0.1) is 0 Å². The molecule has 0 aliphatic heterocycles. The molecular formula is C13H13NO2. The smallest absolute Gasteiger partial charge is 0.123 e. The average Bonchev–Trinajstić information content (AvgIpc) is 2.27. The van der Waals surface area contributed by atoms with Crippen LogP contribution in [0, 0.1) is 6.92 Å². The molecule has 0 unspecified atom stereocenters. The summed E-state index contributed by atoms with van der Waals surface area (Å²) in [5, 5.41) is 9.40. The van der Waals surface area contributed by atoms with Crippen LogP contribution < -0.4 is 4.74 Å². The van der Waals surface area contributed by atoms with Gasteiger partial charge in [0.2, 0.25) is 0 Å². The van der Waals surface area contributed by atoms with Gasteiger partial charge < -0.3 is 9.84 Å². The van der Waals surface area contributed by atoms with Crippen LogP contribution in [0.5, 0.6) is 11.5 Å². The Morgan fingerprint density at radius 3 is 2.62 bits per heavy atom. The van der Waals surface area contributed by atoms with E-state index in [4.69, 9.17) is 4.74 Å². The molecule has 0 amide bonds. The number of phenolic OH excluding ortho intramolecular Hbond substituents is 1. The summed E-state index contributed by atoms with van der Waals surface area (Å²) in [6.45, 7) is 2.39. The van der Waals surface area contributed by atoms with Crippen molar-refractivity contribution in [2.24, 2.45) is 0 Å². The number of hydrogen-bond donors (Lipinski definition) is 1. The van der Waals surface area contributed by atoms with Crippen LogP contribution >= 0.6 is 0 Å². The Balaban J connectivity index is 2.05. The predicted molar refractivity (Wildman–Crippen MR) is 61.4 cm³/mol. The van der Waals surface area contributed by atoms with Crippen LogP contribution in [-0.4, -0.2) is 10.1 Å². The summed E-state index contributed by atoms with van der Waals surface area (Å²) in [7, 11) is 0. The summed E-state index contributed by atoms with van der Waals surface area (Å²) >= 11 is 0. The molecule has 0 aliphatic rings. The number of hydrogen-bond acceptors (Lipinski definition) is 3. The number of ether oxygens (including phenoxy) is 1. The first-order valence-electron chi connectivity index (χ1n) is 5.06. The van der Waals surface area contributed by atoms with Crippen LogP contribution in [0.25, 0.3) is 0 Å². The lowest BCUT2D eigenvalue weighted by Gasteiger charge is -2.07. The third-order valence-electron chi connectivity index (χ3n) is 2.19. The van der Waals surface area contributed by atoms with Gasteiger partial charge in [-0.2, -0.15) is 0 Å². The van der Waals surface area contributed by atoms with E-state index in [0.717, 1.165) is 11.1 Å². The predicted octanol–water partition coefficient (Wildman–Crippen LogP) is 2.67. The van der Waals surface area contributed by atoms with Crippen molar-refractivity contribution < 1.29 is 9.84 Å². The number of aryl methyl sites for hydroxylation is 1. The zero-order valence-electron chi connectivity index (χ0n) is 9.05. The second kappa shape index (κ2) is 4.66. The van der Waals surface area contributed by atoms with Gasteiger partial charge >= 0.3 is 0 Å². The second-order valence-corrected chi connectivity index (χ2v) is 3.65. The highest BCUT2D eigenvalue weighted by Gasteiger charge is 1.99. The molecule has 0 fully saturated rings. The van der Waals surface area contributed by atoms with Gasteiger partial charge in [-0.05, 0) is 42.3 Å². The second-order valence-electron chi connectivity index (χ2n) is 3.65. The number of aromatic hydroxyl groups is 1. The van der Waals surface area contributed by atoms with Gasteiger partial charge in [0.05, 0.1) is 0 Å². The van der Waals surface area contributed by atoms with Crippen LogP contribution in [0.4, 0.5) is 0 Å². The summed E-state index contributed by atoms with van der Waals surface area (Å²) in [5.74, 6) is 0.902. The monoisotopic (exact) mass is 215 g/mol. The number of nitrogens with zero attached hydrogens (tertiary/aromatic N) is 1. The summed E-state index contributed by atoms with van der Waals surface area (Å²) in [6.07, 6.45) is 3.46. The molecule has 0 atom stereocenters. The topological polar surface area (TPSA) is 42.4 Å². The maximum Gasteiger partial charge on any atom is 0.123 e. The van der Waals surface area contributed by atoms with Crippen molar-refractivity contribution in [3.05, 3.63) is 53.9 Å². The lowest BCUT2D eigenvalue weighted by Crippen LogP contribution is -1.95. The molecule has 3 heteroatoms. The molecule has 1 heterocycles. The summed E-state index contributed by atoms with van der Waals surface area (Å²) in [6, 6.07) is 8.99. The number of benzene rings is 1. The molecule has 0 radical (unpaired) electrons. The Morgan fingerprint density at radius 1 is 1.19 bits per heavy atom. The fourth-order valence-electron chi connectivity index (χ4n) is 1.46. The highest BCUT2D eigenvalue weighted by atomic mass is 16.5. The first-order chi connectivity index (χ1) is 7.74. The molecular weight excluding hydrogens is 202 g/mol. The number of aromatic nitrogens is 1. The van der Waals surface area contributed by atoms with E-state index in [2.05, 4.69) is 4.98 Å². The van der Waals surface area contributed by atoms with E-state index in [-0.39, 0.29) is 5.75 Å². The molecule has 0 bridgehead atoms. The van der Waals surface area contributed by atoms with E-state index in [1.54, 1.807) is 24.5 Å². The average molecular weight is 215 g/mol. The molecule has 1 aromatic heterocycles. The first-order valence-corrected chi connectivity index (χ1v) is 5.06. The van der Waals surface area contributed by atoms with Crippen LogP contribution in [-0.2, 0) is 6.61 Å². The Hall–Kier alpha value is -2.03. The normalized spacial score (nSPS) is 10.1. The van der Waals surface area contributed by atoms with Crippen LogP contribution in [0.15, 0.2) is 42.7 Å². The molecule has 2 rings (SSSR count). The summed E-state index contributed by atoms with van der Waals surface area (Å²) in [4.78, 5) is 3.93. The van der Waals surface area contributed by atoms with Crippen molar-refractivity contribution in [3.8, 4) is 11.5 Å². The molecule has 0 aliphatic carbocycles. The van der Waals surface area contributed by atoms with Crippen LogP contribution in [0.3, 0.4) is 0 Å². The maximum absolute atomic E-state index is 9.40. The van der Waals surface area contributed by atoms with Gasteiger partial charge in [-0.3, -0.25) is 4.98 Å². The van der Waals surface area contributed by atoms with Crippen molar-refractivity contribution in [2.75, 3.05) is 0 Å². The van der Waals surface area contributed by atoms with Crippen molar-refractivity contribution in [3.63, 3.8) is 0 Å².